The van der Waals surface area contributed by atoms with Gasteiger partial charge in [-0.05, 0) is 56.7 Å². The van der Waals surface area contributed by atoms with Gasteiger partial charge in [-0.3, -0.25) is 9.36 Å². The summed E-state index contributed by atoms with van der Waals surface area (Å²) >= 11 is 0. The van der Waals surface area contributed by atoms with Gasteiger partial charge >= 0.3 is 0 Å². The van der Waals surface area contributed by atoms with Crippen LogP contribution in [0, 0.1) is 12.7 Å². The number of halogens is 1. The molecule has 0 bridgehead atoms. The first-order valence-corrected chi connectivity index (χ1v) is 13.4. The highest BCUT2D eigenvalue weighted by molar-refractivity contribution is 7.88. The van der Waals surface area contributed by atoms with Crippen LogP contribution in [0.3, 0.4) is 0 Å². The number of nitrogens with zero attached hydrogens (tertiary/aromatic N) is 2. The van der Waals surface area contributed by atoms with Crippen LogP contribution in [0.5, 0.6) is 0 Å². The Morgan fingerprint density at radius 2 is 1.94 bits per heavy atom. The first-order valence-electron chi connectivity index (χ1n) is 11.5. The van der Waals surface area contributed by atoms with Crippen molar-refractivity contribution >= 4 is 10.0 Å². The third-order valence-electron chi connectivity index (χ3n) is 6.47. The van der Waals surface area contributed by atoms with Crippen molar-refractivity contribution in [2.45, 2.75) is 58.0 Å². The van der Waals surface area contributed by atoms with E-state index < -0.39 is 16.1 Å². The summed E-state index contributed by atoms with van der Waals surface area (Å²) in [4.78, 5) is 18.0. The Labute approximate surface area is 199 Å². The Balaban J connectivity index is 1.79. The molecule has 0 fully saturated rings. The van der Waals surface area contributed by atoms with Crippen LogP contribution in [0.1, 0.15) is 54.6 Å². The van der Waals surface area contributed by atoms with Crippen molar-refractivity contribution < 1.29 is 12.8 Å². The van der Waals surface area contributed by atoms with Gasteiger partial charge in [0, 0.05) is 29.1 Å². The number of aromatic nitrogens is 2. The Morgan fingerprint density at radius 3 is 2.65 bits per heavy atom. The van der Waals surface area contributed by atoms with Crippen LogP contribution < -0.4 is 10.3 Å². The van der Waals surface area contributed by atoms with E-state index in [1.165, 1.54) is 0 Å². The molecule has 1 aromatic heterocycles. The Hall–Kier alpha value is -2.84. The predicted octanol–water partition coefficient (Wildman–Crippen LogP) is 4.13. The number of fused-ring (bicyclic) bond motifs is 1. The number of benzene rings is 2. The summed E-state index contributed by atoms with van der Waals surface area (Å²) in [6.45, 7) is 5.56. The molecule has 6 nitrogen and oxygen atoms in total. The monoisotopic (exact) mass is 483 g/mol. The van der Waals surface area contributed by atoms with Crippen molar-refractivity contribution in [2.75, 3.05) is 6.26 Å². The van der Waals surface area contributed by atoms with Crippen molar-refractivity contribution in [3.05, 3.63) is 87.3 Å². The maximum Gasteiger partial charge on any atom is 0.257 e. The van der Waals surface area contributed by atoms with Crippen LogP contribution in [0.15, 0.2) is 53.6 Å². The lowest BCUT2D eigenvalue weighted by Gasteiger charge is -2.33. The van der Waals surface area contributed by atoms with E-state index in [1.54, 1.807) is 30.0 Å². The Bertz CT molecular complexity index is 1380. The topological polar surface area (TPSA) is 81.1 Å². The van der Waals surface area contributed by atoms with Crippen molar-refractivity contribution in [3.63, 3.8) is 0 Å². The zero-order chi connectivity index (χ0) is 24.6. The van der Waals surface area contributed by atoms with Gasteiger partial charge in [-0.15, -0.1) is 0 Å². The molecule has 2 atom stereocenters. The molecule has 34 heavy (non-hydrogen) atoms. The molecule has 1 N–H and O–H groups in total. The normalized spacial score (nSPS) is 18.2. The van der Waals surface area contributed by atoms with Crippen LogP contribution in [-0.2, 0) is 22.9 Å². The standard InChI is InChI=1S/C26H30FN3O3S/c1-16(2)30-15-28-23-12-11-22(29-34(4,32)33)21(24(23)26(30)31)14-18-8-6-9-19(13-18)20-10-5-7-17(3)25(20)27/h5-10,13,15-16,21-22,29H,11-12,14H2,1-4H3/t21-,22-/m0/s1. The van der Waals surface area contributed by atoms with Gasteiger partial charge in [0.15, 0.2) is 0 Å². The summed E-state index contributed by atoms with van der Waals surface area (Å²) in [5, 5.41) is 0. The fourth-order valence-electron chi connectivity index (χ4n) is 4.80. The number of sulfonamides is 1. The Morgan fingerprint density at radius 1 is 1.21 bits per heavy atom. The minimum absolute atomic E-state index is 0.0678. The van der Waals surface area contributed by atoms with Crippen molar-refractivity contribution in [2.24, 2.45) is 0 Å². The number of hydrogen-bond acceptors (Lipinski definition) is 4. The molecule has 0 radical (unpaired) electrons. The molecule has 3 aromatic rings. The highest BCUT2D eigenvalue weighted by atomic mass is 32.2. The van der Waals surface area contributed by atoms with Crippen LogP contribution in [0.4, 0.5) is 4.39 Å². The first-order chi connectivity index (χ1) is 16.0. The van der Waals surface area contributed by atoms with Crippen molar-refractivity contribution in [1.82, 2.24) is 14.3 Å². The predicted molar refractivity (Wildman–Crippen MR) is 132 cm³/mol. The van der Waals surface area contributed by atoms with Gasteiger partial charge < -0.3 is 0 Å². The van der Waals surface area contributed by atoms with Crippen molar-refractivity contribution in [3.8, 4) is 11.1 Å². The number of rotatable bonds is 6. The maximum atomic E-state index is 14.8. The van der Waals surface area contributed by atoms with Gasteiger partial charge in [-0.25, -0.2) is 22.5 Å². The summed E-state index contributed by atoms with van der Waals surface area (Å²) in [7, 11) is -3.48. The van der Waals surface area contributed by atoms with E-state index in [0.29, 0.717) is 36.0 Å². The molecule has 0 aliphatic heterocycles. The van der Waals surface area contributed by atoms with Crippen LogP contribution >= 0.6 is 0 Å². The number of aryl methyl sites for hydroxylation is 2. The molecule has 1 aliphatic carbocycles. The van der Waals surface area contributed by atoms with Gasteiger partial charge in [0.1, 0.15) is 5.82 Å². The van der Waals surface area contributed by atoms with Crippen LogP contribution in [-0.4, -0.2) is 30.3 Å². The van der Waals surface area contributed by atoms with E-state index in [4.69, 9.17) is 0 Å². The molecule has 0 saturated heterocycles. The minimum atomic E-state index is -3.48. The average Bonchev–Trinajstić information content (AvgIpc) is 2.76. The summed E-state index contributed by atoms with van der Waals surface area (Å²) < 4.78 is 43.4. The van der Waals surface area contributed by atoms with Crippen LogP contribution in [0.25, 0.3) is 11.1 Å². The number of nitrogens with one attached hydrogen (secondary N) is 1. The third kappa shape index (κ3) is 4.98. The summed E-state index contributed by atoms with van der Waals surface area (Å²) in [6, 6.07) is 12.4. The second-order valence-corrected chi connectivity index (χ2v) is 11.2. The summed E-state index contributed by atoms with van der Waals surface area (Å²) in [6.07, 6.45) is 4.22. The fourth-order valence-corrected chi connectivity index (χ4v) is 5.63. The van der Waals surface area contributed by atoms with Gasteiger partial charge in [0.2, 0.25) is 10.0 Å². The van der Waals surface area contributed by atoms with Gasteiger partial charge in [0.05, 0.1) is 18.3 Å². The largest absolute Gasteiger partial charge is 0.296 e. The van der Waals surface area contributed by atoms with Crippen molar-refractivity contribution in [1.29, 1.82) is 0 Å². The summed E-state index contributed by atoms with van der Waals surface area (Å²) in [5.41, 5.74) is 3.88. The third-order valence-corrected chi connectivity index (χ3v) is 7.20. The second kappa shape index (κ2) is 9.43. The second-order valence-electron chi connectivity index (χ2n) is 9.39. The minimum Gasteiger partial charge on any atom is -0.296 e. The van der Waals surface area contributed by atoms with Gasteiger partial charge in [-0.1, -0.05) is 42.5 Å². The number of hydrogen-bond donors (Lipinski definition) is 1. The quantitative estimate of drug-likeness (QED) is 0.572. The maximum absolute atomic E-state index is 14.8. The fraction of sp³-hybridized carbons (Fsp3) is 0.385. The molecular weight excluding hydrogens is 453 g/mol. The molecule has 1 aliphatic rings. The molecule has 8 heteroatoms. The molecule has 0 saturated carbocycles. The molecule has 0 unspecified atom stereocenters. The lowest BCUT2D eigenvalue weighted by Crippen LogP contribution is -2.45. The Kier molecular flexibility index (Phi) is 6.73. The summed E-state index contributed by atoms with van der Waals surface area (Å²) in [5.74, 6) is -0.648. The average molecular weight is 484 g/mol. The van der Waals surface area contributed by atoms with Gasteiger partial charge in [0.25, 0.3) is 5.56 Å². The van der Waals surface area contributed by atoms with Gasteiger partial charge in [-0.2, -0.15) is 0 Å². The molecule has 0 amide bonds. The zero-order valence-corrected chi connectivity index (χ0v) is 20.7. The van der Waals surface area contributed by atoms with E-state index >= 15 is 0 Å². The molecule has 1 heterocycles. The smallest absolute Gasteiger partial charge is 0.257 e. The van der Waals surface area contributed by atoms with Crippen LogP contribution in [0.2, 0.25) is 0 Å². The lowest BCUT2D eigenvalue weighted by molar-refractivity contribution is 0.413. The molecular formula is C26H30FN3O3S. The zero-order valence-electron chi connectivity index (χ0n) is 19.9. The molecule has 4 rings (SSSR count). The lowest BCUT2D eigenvalue weighted by atomic mass is 9.78. The van der Waals surface area contributed by atoms with E-state index in [2.05, 4.69) is 9.71 Å². The van der Waals surface area contributed by atoms with E-state index in [9.17, 15) is 17.6 Å². The highest BCUT2D eigenvalue weighted by Gasteiger charge is 2.35. The SMILES string of the molecule is Cc1cccc(-c2cccc(C[C@@H]3c4c(ncn(C(C)C)c4=O)CC[C@@H]3NS(C)(=O)=O)c2)c1F. The van der Waals surface area contributed by atoms with E-state index in [-0.39, 0.29) is 23.3 Å². The van der Waals surface area contributed by atoms with E-state index in [0.717, 1.165) is 23.1 Å². The highest BCUT2D eigenvalue weighted by Crippen LogP contribution is 2.33. The van der Waals surface area contributed by atoms with E-state index in [1.807, 2.05) is 44.2 Å². The molecule has 2 aromatic carbocycles. The molecule has 0 spiro atoms. The molecule has 180 valence electrons. The first kappa shape index (κ1) is 24.3.